The predicted molar refractivity (Wildman–Crippen MR) is 75.4 cm³/mol. The zero-order chi connectivity index (χ0) is 12.8. The van der Waals surface area contributed by atoms with Gasteiger partial charge in [-0.3, -0.25) is 0 Å². The maximum atomic E-state index is 11.0. The van der Waals surface area contributed by atoms with E-state index in [2.05, 4.69) is 22.2 Å². The van der Waals surface area contributed by atoms with Gasteiger partial charge in [-0.2, -0.15) is 0 Å². The molecule has 0 aromatic heterocycles. The van der Waals surface area contributed by atoms with Crippen LogP contribution in [-0.4, -0.2) is 30.8 Å². The lowest BCUT2D eigenvalue weighted by atomic mass is 10.1. The number of rotatable bonds is 4. The third kappa shape index (κ3) is 3.89. The molecule has 4 heteroatoms. The van der Waals surface area contributed by atoms with Gasteiger partial charge >= 0.3 is 5.97 Å². The summed E-state index contributed by atoms with van der Waals surface area (Å²) < 4.78 is 4.55. The quantitative estimate of drug-likeness (QED) is 0.667. The molecular weight excluding hydrogens is 246 g/mol. The normalized spacial score (nSPS) is 19.3. The summed E-state index contributed by atoms with van der Waals surface area (Å²) >= 11 is 1.97. The maximum absolute atomic E-state index is 11.0. The lowest BCUT2D eigenvalue weighted by Crippen LogP contribution is -2.21. The molecular formula is C14H17NO2S. The summed E-state index contributed by atoms with van der Waals surface area (Å²) in [6.07, 6.45) is 4.24. The molecule has 1 heterocycles. The van der Waals surface area contributed by atoms with Gasteiger partial charge in [0.25, 0.3) is 0 Å². The predicted octanol–water partition coefficient (Wildman–Crippen LogP) is 2.08. The van der Waals surface area contributed by atoms with E-state index >= 15 is 0 Å². The largest absolute Gasteiger partial charge is 0.466 e. The van der Waals surface area contributed by atoms with Crippen molar-refractivity contribution < 1.29 is 9.53 Å². The van der Waals surface area contributed by atoms with Crippen molar-refractivity contribution >= 4 is 23.8 Å². The molecule has 1 atom stereocenters. The minimum absolute atomic E-state index is 0.328. The first-order valence-electron chi connectivity index (χ1n) is 5.98. The van der Waals surface area contributed by atoms with E-state index in [1.54, 1.807) is 6.08 Å². The fraction of sp³-hybridized carbons (Fsp3) is 0.357. The van der Waals surface area contributed by atoms with Crippen molar-refractivity contribution in [2.24, 2.45) is 0 Å². The second-order valence-corrected chi connectivity index (χ2v) is 5.43. The van der Waals surface area contributed by atoms with E-state index in [0.717, 1.165) is 18.5 Å². The second-order valence-electron chi connectivity index (χ2n) is 4.12. The van der Waals surface area contributed by atoms with Gasteiger partial charge in [-0.05, 0) is 23.6 Å². The highest BCUT2D eigenvalue weighted by atomic mass is 32.2. The number of hydrogen-bond donors (Lipinski definition) is 1. The Hall–Kier alpha value is -1.26. The van der Waals surface area contributed by atoms with Crippen LogP contribution in [0.2, 0.25) is 0 Å². The molecule has 0 amide bonds. The van der Waals surface area contributed by atoms with E-state index in [9.17, 15) is 4.79 Å². The minimum atomic E-state index is -0.328. The molecule has 0 radical (unpaired) electrons. The monoisotopic (exact) mass is 263 g/mol. The number of nitrogens with one attached hydrogen (secondary N) is 1. The zero-order valence-corrected chi connectivity index (χ0v) is 11.2. The highest BCUT2D eigenvalue weighted by molar-refractivity contribution is 8.00. The number of thioether (sulfide) groups is 1. The highest BCUT2D eigenvalue weighted by Crippen LogP contribution is 2.18. The molecule has 96 valence electrons. The SMILES string of the molecule is COC(=O)/C=C/c1ccc(CC2NCCS2)cc1. The fourth-order valence-electron chi connectivity index (χ4n) is 1.82. The van der Waals surface area contributed by atoms with Gasteiger partial charge in [0.2, 0.25) is 0 Å². The first-order chi connectivity index (χ1) is 8.78. The van der Waals surface area contributed by atoms with Crippen LogP contribution in [0, 0.1) is 0 Å². The topological polar surface area (TPSA) is 38.3 Å². The summed E-state index contributed by atoms with van der Waals surface area (Å²) in [5.41, 5.74) is 2.33. The highest BCUT2D eigenvalue weighted by Gasteiger charge is 2.14. The van der Waals surface area contributed by atoms with Gasteiger partial charge in [0.05, 0.1) is 12.5 Å². The molecule has 1 aromatic rings. The third-order valence-corrected chi connectivity index (χ3v) is 3.98. The summed E-state index contributed by atoms with van der Waals surface area (Å²) in [5.74, 6) is 0.871. The van der Waals surface area contributed by atoms with Gasteiger partial charge in [0.15, 0.2) is 0 Å². The van der Waals surface area contributed by atoms with Crippen molar-refractivity contribution in [2.45, 2.75) is 11.8 Å². The van der Waals surface area contributed by atoms with Gasteiger partial charge in [-0.25, -0.2) is 4.79 Å². The summed E-state index contributed by atoms with van der Waals surface area (Å²) in [6.45, 7) is 1.11. The average molecular weight is 263 g/mol. The number of methoxy groups -OCH3 is 1. The van der Waals surface area contributed by atoms with Gasteiger partial charge in [-0.15, -0.1) is 11.8 Å². The van der Waals surface area contributed by atoms with Crippen molar-refractivity contribution in [3.05, 3.63) is 41.5 Å². The third-order valence-electron chi connectivity index (χ3n) is 2.81. The molecule has 1 unspecified atom stereocenters. The Labute approximate surface area is 112 Å². The van der Waals surface area contributed by atoms with E-state index in [4.69, 9.17) is 0 Å². The van der Waals surface area contributed by atoms with Crippen molar-refractivity contribution in [1.82, 2.24) is 5.32 Å². The lowest BCUT2D eigenvalue weighted by Gasteiger charge is -2.09. The summed E-state index contributed by atoms with van der Waals surface area (Å²) in [6, 6.07) is 8.26. The lowest BCUT2D eigenvalue weighted by molar-refractivity contribution is -0.134. The van der Waals surface area contributed by atoms with Crippen LogP contribution in [0.4, 0.5) is 0 Å². The van der Waals surface area contributed by atoms with Crippen molar-refractivity contribution in [1.29, 1.82) is 0 Å². The Bertz CT molecular complexity index is 422. The zero-order valence-electron chi connectivity index (χ0n) is 10.4. The molecule has 1 N–H and O–H groups in total. The van der Waals surface area contributed by atoms with Crippen LogP contribution >= 0.6 is 11.8 Å². The minimum Gasteiger partial charge on any atom is -0.466 e. The first kappa shape index (κ1) is 13.2. The number of hydrogen-bond acceptors (Lipinski definition) is 4. The van der Waals surface area contributed by atoms with Crippen LogP contribution in [0.15, 0.2) is 30.3 Å². The molecule has 2 rings (SSSR count). The van der Waals surface area contributed by atoms with Crippen LogP contribution in [-0.2, 0) is 16.0 Å². The van der Waals surface area contributed by atoms with E-state index < -0.39 is 0 Å². The van der Waals surface area contributed by atoms with Crippen LogP contribution < -0.4 is 5.32 Å². The number of carbonyl (C=O) groups is 1. The fourth-order valence-corrected chi connectivity index (χ4v) is 2.89. The molecule has 3 nitrogen and oxygen atoms in total. The van der Waals surface area contributed by atoms with Gasteiger partial charge < -0.3 is 10.1 Å². The average Bonchev–Trinajstić information content (AvgIpc) is 2.90. The number of carbonyl (C=O) groups excluding carboxylic acids is 1. The van der Waals surface area contributed by atoms with E-state index in [0.29, 0.717) is 5.37 Å². The standard InChI is InChI=1S/C14H17NO2S/c1-17-14(16)7-6-11-2-4-12(5-3-11)10-13-15-8-9-18-13/h2-7,13,15H,8-10H2,1H3/b7-6+. The van der Waals surface area contributed by atoms with Crippen LogP contribution in [0.25, 0.3) is 6.08 Å². The molecule has 1 saturated heterocycles. The molecule has 1 aliphatic rings. The molecule has 1 aromatic carbocycles. The van der Waals surface area contributed by atoms with E-state index in [1.165, 1.54) is 24.5 Å². The molecule has 1 fully saturated rings. The Morgan fingerprint density at radius 2 is 2.28 bits per heavy atom. The van der Waals surface area contributed by atoms with Crippen LogP contribution in [0.3, 0.4) is 0 Å². The first-order valence-corrected chi connectivity index (χ1v) is 7.03. The summed E-state index contributed by atoms with van der Waals surface area (Å²) in [7, 11) is 1.38. The Morgan fingerprint density at radius 1 is 1.50 bits per heavy atom. The maximum Gasteiger partial charge on any atom is 0.330 e. The number of esters is 1. The van der Waals surface area contributed by atoms with Gasteiger partial charge in [-0.1, -0.05) is 24.3 Å². The summed E-state index contributed by atoms with van der Waals surface area (Å²) in [5, 5.41) is 4.00. The van der Waals surface area contributed by atoms with Gasteiger partial charge in [0.1, 0.15) is 0 Å². The molecule has 0 bridgehead atoms. The van der Waals surface area contributed by atoms with Crippen molar-refractivity contribution in [3.63, 3.8) is 0 Å². The molecule has 1 aliphatic heterocycles. The molecule has 18 heavy (non-hydrogen) atoms. The van der Waals surface area contributed by atoms with Crippen molar-refractivity contribution in [3.8, 4) is 0 Å². The Balaban J connectivity index is 1.92. The van der Waals surface area contributed by atoms with Crippen LogP contribution in [0.1, 0.15) is 11.1 Å². The number of ether oxygens (including phenoxy) is 1. The Kier molecular flexibility index (Phi) is 4.84. The Morgan fingerprint density at radius 3 is 2.89 bits per heavy atom. The van der Waals surface area contributed by atoms with E-state index in [1.807, 2.05) is 23.9 Å². The molecule has 0 aliphatic carbocycles. The summed E-state index contributed by atoms with van der Waals surface area (Å²) in [4.78, 5) is 11.0. The smallest absolute Gasteiger partial charge is 0.330 e. The van der Waals surface area contributed by atoms with Crippen LogP contribution in [0.5, 0.6) is 0 Å². The molecule has 0 saturated carbocycles. The second kappa shape index (κ2) is 6.61. The number of benzene rings is 1. The van der Waals surface area contributed by atoms with Gasteiger partial charge in [0, 0.05) is 18.4 Å². The molecule has 0 spiro atoms. The van der Waals surface area contributed by atoms with Crippen molar-refractivity contribution in [2.75, 3.05) is 19.4 Å². The van der Waals surface area contributed by atoms with E-state index in [-0.39, 0.29) is 5.97 Å².